The lowest BCUT2D eigenvalue weighted by Crippen LogP contribution is -2.53. The fourth-order valence-electron chi connectivity index (χ4n) is 3.13. The summed E-state index contributed by atoms with van der Waals surface area (Å²) in [6.07, 6.45) is 0.617. The van der Waals surface area contributed by atoms with Gasteiger partial charge in [0.05, 0.1) is 16.5 Å². The monoisotopic (exact) mass is 468 g/mol. The minimum absolute atomic E-state index is 0.140. The van der Waals surface area contributed by atoms with E-state index >= 15 is 0 Å². The summed E-state index contributed by atoms with van der Waals surface area (Å²) in [6, 6.07) is 11.8. The van der Waals surface area contributed by atoms with Gasteiger partial charge in [0.1, 0.15) is 6.04 Å². The van der Waals surface area contributed by atoms with Crippen LogP contribution in [-0.4, -0.2) is 28.3 Å². The van der Waals surface area contributed by atoms with Gasteiger partial charge in [-0.25, -0.2) is 0 Å². The first-order valence-corrected chi connectivity index (χ1v) is 10.9. The molecule has 4 nitrogen and oxygen atoms in total. The van der Waals surface area contributed by atoms with Gasteiger partial charge in [-0.15, -0.1) is 0 Å². The molecular weight excluding hydrogens is 443 g/mol. The number of nitrogens with one attached hydrogen (secondary N) is 1. The summed E-state index contributed by atoms with van der Waals surface area (Å²) in [4.78, 5) is 27.9. The maximum absolute atomic E-state index is 13.3. The second-order valence-corrected chi connectivity index (χ2v) is 9.49. The summed E-state index contributed by atoms with van der Waals surface area (Å²) in [5.74, 6) is -0.358. The van der Waals surface area contributed by atoms with Gasteiger partial charge in [0.15, 0.2) is 0 Å². The van der Waals surface area contributed by atoms with Crippen LogP contribution < -0.4 is 5.32 Å². The van der Waals surface area contributed by atoms with Crippen molar-refractivity contribution < 1.29 is 9.59 Å². The molecule has 0 aromatic heterocycles. The van der Waals surface area contributed by atoms with Crippen molar-refractivity contribution >= 4 is 46.6 Å². The Hall–Kier alpha value is -1.75. The maximum Gasteiger partial charge on any atom is 0.243 e. The van der Waals surface area contributed by atoms with Gasteiger partial charge in [0, 0.05) is 17.1 Å². The first-order chi connectivity index (χ1) is 14.0. The molecule has 2 aromatic carbocycles. The van der Waals surface area contributed by atoms with Gasteiger partial charge in [0.2, 0.25) is 11.8 Å². The van der Waals surface area contributed by atoms with Crippen molar-refractivity contribution in [2.24, 2.45) is 0 Å². The predicted octanol–water partition coefficient (Wildman–Crippen LogP) is 5.91. The molecule has 1 unspecified atom stereocenters. The number of nitrogens with zero attached hydrogens (tertiary/aromatic N) is 1. The smallest absolute Gasteiger partial charge is 0.243 e. The number of carbonyl (C=O) groups is 2. The zero-order valence-corrected chi connectivity index (χ0v) is 19.9. The van der Waals surface area contributed by atoms with E-state index in [2.05, 4.69) is 5.32 Å². The van der Waals surface area contributed by atoms with Gasteiger partial charge in [0.25, 0.3) is 0 Å². The summed E-state index contributed by atoms with van der Waals surface area (Å²) >= 11 is 18.3. The number of benzene rings is 2. The molecule has 0 spiro atoms. The molecule has 1 N–H and O–H groups in total. The third-order valence-electron chi connectivity index (χ3n) is 4.47. The molecule has 30 heavy (non-hydrogen) atoms. The average Bonchev–Trinajstić information content (AvgIpc) is 2.63. The minimum atomic E-state index is -0.620. The lowest BCUT2D eigenvalue weighted by molar-refractivity contribution is -0.141. The fraction of sp³-hybridized carbons (Fsp3) is 0.391. The molecular formula is C23H27Cl3N2O2. The van der Waals surface area contributed by atoms with Gasteiger partial charge >= 0.3 is 0 Å². The lowest BCUT2D eigenvalue weighted by Gasteiger charge is -2.33. The Labute approximate surface area is 193 Å². The Bertz CT molecular complexity index is 910. The van der Waals surface area contributed by atoms with Crippen molar-refractivity contribution in [3.63, 3.8) is 0 Å². The first-order valence-electron chi connectivity index (χ1n) is 9.80. The molecule has 162 valence electrons. The van der Waals surface area contributed by atoms with Gasteiger partial charge in [-0.05, 0) is 62.6 Å². The van der Waals surface area contributed by atoms with E-state index in [1.54, 1.807) is 35.2 Å². The van der Waals surface area contributed by atoms with Crippen LogP contribution in [0.5, 0.6) is 0 Å². The second-order valence-electron chi connectivity index (χ2n) is 8.24. The Morgan fingerprint density at radius 3 is 2.27 bits per heavy atom. The highest BCUT2D eigenvalue weighted by Gasteiger charge is 2.30. The molecule has 0 radical (unpaired) electrons. The second kappa shape index (κ2) is 10.5. The molecule has 0 fully saturated rings. The van der Waals surface area contributed by atoms with E-state index in [4.69, 9.17) is 34.8 Å². The fourth-order valence-corrected chi connectivity index (χ4v) is 3.66. The van der Waals surface area contributed by atoms with Crippen molar-refractivity contribution in [3.05, 3.63) is 68.7 Å². The predicted molar refractivity (Wildman–Crippen MR) is 124 cm³/mol. The van der Waals surface area contributed by atoms with Gasteiger partial charge < -0.3 is 10.2 Å². The molecule has 0 heterocycles. The van der Waals surface area contributed by atoms with Crippen LogP contribution in [0.3, 0.4) is 0 Å². The summed E-state index contributed by atoms with van der Waals surface area (Å²) in [7, 11) is 0. The summed E-state index contributed by atoms with van der Waals surface area (Å²) in [6.45, 7) is 7.87. The quantitative estimate of drug-likeness (QED) is 0.548. The molecule has 0 saturated carbocycles. The zero-order chi connectivity index (χ0) is 22.5. The van der Waals surface area contributed by atoms with Crippen LogP contribution >= 0.6 is 34.8 Å². The standard InChI is InChI=1S/C23H27Cl3N2O2/c1-5-20(22(30)27-23(2,3)4)28(14-16-9-10-18(25)19(26)12-16)21(29)13-15-7-6-8-17(24)11-15/h6-12,20H,5,13-14H2,1-4H3,(H,27,30). The molecule has 0 aliphatic rings. The first kappa shape index (κ1) is 24.5. The van der Waals surface area contributed by atoms with Crippen LogP contribution in [0.4, 0.5) is 0 Å². The normalized spacial score (nSPS) is 12.4. The van der Waals surface area contributed by atoms with E-state index in [1.807, 2.05) is 39.8 Å². The molecule has 2 amide bonds. The van der Waals surface area contributed by atoms with Gasteiger partial charge in [-0.2, -0.15) is 0 Å². The van der Waals surface area contributed by atoms with Crippen LogP contribution in [0.1, 0.15) is 45.2 Å². The minimum Gasteiger partial charge on any atom is -0.350 e. The summed E-state index contributed by atoms with van der Waals surface area (Å²) in [5, 5.41) is 4.39. The van der Waals surface area contributed by atoms with E-state index in [9.17, 15) is 9.59 Å². The van der Waals surface area contributed by atoms with E-state index in [1.165, 1.54) is 0 Å². The van der Waals surface area contributed by atoms with Crippen molar-refractivity contribution in [1.82, 2.24) is 10.2 Å². The Morgan fingerprint density at radius 1 is 1.00 bits per heavy atom. The van der Waals surface area contributed by atoms with E-state index in [0.29, 0.717) is 21.5 Å². The van der Waals surface area contributed by atoms with Crippen molar-refractivity contribution in [3.8, 4) is 0 Å². The topological polar surface area (TPSA) is 49.4 Å². The number of hydrogen-bond donors (Lipinski definition) is 1. The van der Waals surface area contributed by atoms with Gasteiger partial charge in [-0.3, -0.25) is 9.59 Å². The molecule has 0 saturated heterocycles. The molecule has 0 aliphatic carbocycles. The highest BCUT2D eigenvalue weighted by Crippen LogP contribution is 2.24. The largest absolute Gasteiger partial charge is 0.350 e. The SMILES string of the molecule is CCC(C(=O)NC(C)(C)C)N(Cc1ccc(Cl)c(Cl)c1)C(=O)Cc1cccc(Cl)c1. The molecule has 0 aliphatic heterocycles. The molecule has 2 rings (SSSR count). The van der Waals surface area contributed by atoms with Crippen LogP contribution in [0.25, 0.3) is 0 Å². The van der Waals surface area contributed by atoms with Crippen molar-refractivity contribution in [2.75, 3.05) is 0 Å². The van der Waals surface area contributed by atoms with E-state index in [0.717, 1.165) is 11.1 Å². The van der Waals surface area contributed by atoms with Crippen LogP contribution in [0, 0.1) is 0 Å². The van der Waals surface area contributed by atoms with Crippen LogP contribution in [-0.2, 0) is 22.6 Å². The molecule has 2 aromatic rings. The third kappa shape index (κ3) is 7.19. The van der Waals surface area contributed by atoms with Crippen molar-refractivity contribution in [1.29, 1.82) is 0 Å². The Balaban J connectivity index is 2.35. The zero-order valence-electron chi connectivity index (χ0n) is 17.6. The number of carbonyl (C=O) groups excluding carboxylic acids is 2. The number of amides is 2. The Kier molecular flexibility index (Phi) is 8.60. The molecule has 7 heteroatoms. The summed E-state index contributed by atoms with van der Waals surface area (Å²) in [5.41, 5.74) is 1.18. The number of rotatable bonds is 7. The summed E-state index contributed by atoms with van der Waals surface area (Å²) < 4.78 is 0. The highest BCUT2D eigenvalue weighted by atomic mass is 35.5. The van der Waals surface area contributed by atoms with Crippen molar-refractivity contribution in [2.45, 2.75) is 58.7 Å². The molecule has 0 bridgehead atoms. The van der Waals surface area contributed by atoms with E-state index < -0.39 is 11.6 Å². The van der Waals surface area contributed by atoms with Gasteiger partial charge in [-0.1, -0.05) is 59.9 Å². The maximum atomic E-state index is 13.3. The number of hydrogen-bond acceptors (Lipinski definition) is 2. The number of halogens is 3. The molecule has 1 atom stereocenters. The Morgan fingerprint density at radius 2 is 1.70 bits per heavy atom. The lowest BCUT2D eigenvalue weighted by atomic mass is 10.0. The average molecular weight is 470 g/mol. The van der Waals surface area contributed by atoms with E-state index in [-0.39, 0.29) is 24.8 Å². The van der Waals surface area contributed by atoms with Crippen LogP contribution in [0.15, 0.2) is 42.5 Å². The van der Waals surface area contributed by atoms with Crippen LogP contribution in [0.2, 0.25) is 15.1 Å². The third-order valence-corrected chi connectivity index (χ3v) is 5.44. The highest BCUT2D eigenvalue weighted by molar-refractivity contribution is 6.42.